The number of amides is 1. The van der Waals surface area contributed by atoms with Gasteiger partial charge in [0.25, 0.3) is 5.91 Å². The summed E-state index contributed by atoms with van der Waals surface area (Å²) < 4.78 is 1.73. The molecule has 6 heteroatoms. The highest BCUT2D eigenvalue weighted by Gasteiger charge is 2.14. The van der Waals surface area contributed by atoms with E-state index in [1.54, 1.807) is 29.8 Å². The first-order chi connectivity index (χ1) is 9.92. The third-order valence-electron chi connectivity index (χ3n) is 3.17. The van der Waals surface area contributed by atoms with E-state index in [0.717, 1.165) is 5.56 Å². The number of carboxylic acids is 1. The maximum absolute atomic E-state index is 12.3. The third-order valence-corrected chi connectivity index (χ3v) is 3.38. The molecule has 1 amide bonds. The quantitative estimate of drug-likeness (QED) is 0.909. The predicted molar refractivity (Wildman–Crippen MR) is 81.2 cm³/mol. The Morgan fingerprint density at radius 3 is 2.67 bits per heavy atom. The van der Waals surface area contributed by atoms with Gasteiger partial charge in [-0.3, -0.25) is 4.79 Å². The monoisotopic (exact) mass is 306 g/mol. The van der Waals surface area contributed by atoms with Crippen LogP contribution in [-0.4, -0.2) is 21.6 Å². The summed E-state index contributed by atoms with van der Waals surface area (Å²) >= 11 is 5.91. The first-order valence-electron chi connectivity index (χ1n) is 6.43. The highest BCUT2D eigenvalue weighted by atomic mass is 35.5. The van der Waals surface area contributed by atoms with Crippen molar-refractivity contribution in [2.75, 3.05) is 5.32 Å². The average molecular weight is 307 g/mol. The van der Waals surface area contributed by atoms with Gasteiger partial charge in [0.05, 0.1) is 10.6 Å². The lowest BCUT2D eigenvalue weighted by atomic mass is 10.1. The highest BCUT2D eigenvalue weighted by Crippen LogP contribution is 2.20. The lowest BCUT2D eigenvalue weighted by Gasteiger charge is -2.10. The minimum absolute atomic E-state index is 0.125. The van der Waals surface area contributed by atoms with E-state index >= 15 is 0 Å². The van der Waals surface area contributed by atoms with Crippen molar-refractivity contribution in [3.05, 3.63) is 52.3 Å². The number of aryl methyl sites for hydroxylation is 2. The first-order valence-corrected chi connectivity index (χ1v) is 6.81. The summed E-state index contributed by atoms with van der Waals surface area (Å²) in [7, 11) is 0. The lowest BCUT2D eigenvalue weighted by molar-refractivity contribution is 0.0696. The molecule has 110 valence electrons. The molecular formula is C15H15ClN2O3. The molecule has 5 nitrogen and oxygen atoms in total. The number of benzene rings is 1. The number of carboxylic acid groups (broad SMARTS) is 1. The molecule has 0 fully saturated rings. The van der Waals surface area contributed by atoms with Crippen LogP contribution in [0.5, 0.6) is 0 Å². The molecule has 2 rings (SSSR count). The number of nitrogens with one attached hydrogen (secondary N) is 1. The summed E-state index contributed by atoms with van der Waals surface area (Å²) in [5.74, 6) is -1.36. The summed E-state index contributed by atoms with van der Waals surface area (Å²) in [6, 6.07) is 6.18. The Bertz CT molecular complexity index is 707. The molecule has 0 saturated heterocycles. The van der Waals surface area contributed by atoms with E-state index in [-0.39, 0.29) is 11.5 Å². The van der Waals surface area contributed by atoms with E-state index in [2.05, 4.69) is 5.32 Å². The molecule has 0 aliphatic carbocycles. The number of aromatic carboxylic acids is 1. The number of hydrogen-bond acceptors (Lipinski definition) is 2. The van der Waals surface area contributed by atoms with Crippen LogP contribution < -0.4 is 5.32 Å². The zero-order chi connectivity index (χ0) is 15.6. The van der Waals surface area contributed by atoms with Crippen LogP contribution in [0, 0.1) is 6.92 Å². The SMILES string of the molecule is CCn1cc(Cl)cc1C(=O)Nc1cc(C(=O)O)ccc1C. The molecule has 2 N–H and O–H groups in total. The minimum atomic E-state index is -1.04. The van der Waals surface area contributed by atoms with E-state index < -0.39 is 5.97 Å². The highest BCUT2D eigenvalue weighted by molar-refractivity contribution is 6.31. The molecule has 0 aliphatic heterocycles. The third kappa shape index (κ3) is 3.25. The molecule has 1 aromatic carbocycles. The van der Waals surface area contributed by atoms with Gasteiger partial charge in [0.2, 0.25) is 0 Å². The summed E-state index contributed by atoms with van der Waals surface area (Å²) in [5.41, 5.74) is 1.82. The van der Waals surface area contributed by atoms with Gasteiger partial charge >= 0.3 is 5.97 Å². The fourth-order valence-corrected chi connectivity index (χ4v) is 2.22. The average Bonchev–Trinajstić information content (AvgIpc) is 2.82. The van der Waals surface area contributed by atoms with Crippen LogP contribution in [0.2, 0.25) is 5.02 Å². The van der Waals surface area contributed by atoms with Crippen LogP contribution in [0.4, 0.5) is 5.69 Å². The number of halogens is 1. The Hall–Kier alpha value is -2.27. The fraction of sp³-hybridized carbons (Fsp3) is 0.200. The maximum Gasteiger partial charge on any atom is 0.335 e. The number of carbonyl (C=O) groups excluding carboxylic acids is 1. The number of hydrogen-bond donors (Lipinski definition) is 2. The second kappa shape index (κ2) is 6.01. The minimum Gasteiger partial charge on any atom is -0.478 e. The number of rotatable bonds is 4. The van der Waals surface area contributed by atoms with Gasteiger partial charge in [-0.2, -0.15) is 0 Å². The van der Waals surface area contributed by atoms with E-state index in [4.69, 9.17) is 16.7 Å². The van der Waals surface area contributed by atoms with Crippen molar-refractivity contribution in [3.8, 4) is 0 Å². The van der Waals surface area contributed by atoms with Crippen LogP contribution in [0.15, 0.2) is 30.5 Å². The summed E-state index contributed by atoms with van der Waals surface area (Å²) in [6.07, 6.45) is 1.68. The lowest BCUT2D eigenvalue weighted by Crippen LogP contribution is -2.17. The topological polar surface area (TPSA) is 71.3 Å². The zero-order valence-corrected chi connectivity index (χ0v) is 12.4. The molecule has 1 heterocycles. The molecule has 0 unspecified atom stereocenters. The predicted octanol–water partition coefficient (Wildman–Crippen LogP) is 3.42. The van der Waals surface area contributed by atoms with Gasteiger partial charge in [-0.15, -0.1) is 0 Å². The van der Waals surface area contributed by atoms with Gasteiger partial charge in [-0.25, -0.2) is 4.79 Å². The fourth-order valence-electron chi connectivity index (χ4n) is 2.00. The molecule has 0 bridgehead atoms. The number of nitrogens with zero attached hydrogens (tertiary/aromatic N) is 1. The Kier molecular flexibility index (Phi) is 4.33. The van der Waals surface area contributed by atoms with Crippen LogP contribution >= 0.6 is 11.6 Å². The molecule has 0 aliphatic rings. The van der Waals surface area contributed by atoms with Gasteiger partial charge in [0, 0.05) is 18.4 Å². The van der Waals surface area contributed by atoms with Gasteiger partial charge in [-0.1, -0.05) is 17.7 Å². The van der Waals surface area contributed by atoms with Crippen molar-refractivity contribution in [1.82, 2.24) is 4.57 Å². The summed E-state index contributed by atoms with van der Waals surface area (Å²) in [5, 5.41) is 12.2. The molecule has 0 saturated carbocycles. The van der Waals surface area contributed by atoms with E-state index in [1.807, 2.05) is 6.92 Å². The van der Waals surface area contributed by atoms with Crippen molar-refractivity contribution in [1.29, 1.82) is 0 Å². The van der Waals surface area contributed by atoms with Crippen molar-refractivity contribution >= 4 is 29.2 Å². The van der Waals surface area contributed by atoms with Crippen LogP contribution in [-0.2, 0) is 6.54 Å². The summed E-state index contributed by atoms with van der Waals surface area (Å²) in [6.45, 7) is 4.32. The number of carbonyl (C=O) groups is 2. The smallest absolute Gasteiger partial charge is 0.335 e. The summed E-state index contributed by atoms with van der Waals surface area (Å²) in [4.78, 5) is 23.3. The molecular weight excluding hydrogens is 292 g/mol. The van der Waals surface area contributed by atoms with E-state index in [1.165, 1.54) is 12.1 Å². The first kappa shape index (κ1) is 15.1. The number of aromatic nitrogens is 1. The van der Waals surface area contributed by atoms with Crippen molar-refractivity contribution in [2.24, 2.45) is 0 Å². The molecule has 1 aromatic heterocycles. The van der Waals surface area contributed by atoms with Gasteiger partial charge < -0.3 is 15.0 Å². The van der Waals surface area contributed by atoms with Crippen molar-refractivity contribution in [3.63, 3.8) is 0 Å². The van der Waals surface area contributed by atoms with Gasteiger partial charge in [-0.05, 0) is 37.6 Å². The zero-order valence-electron chi connectivity index (χ0n) is 11.7. The maximum atomic E-state index is 12.3. The Morgan fingerprint density at radius 2 is 2.05 bits per heavy atom. The van der Waals surface area contributed by atoms with Crippen molar-refractivity contribution < 1.29 is 14.7 Å². The van der Waals surface area contributed by atoms with Crippen molar-refractivity contribution in [2.45, 2.75) is 20.4 Å². The Balaban J connectivity index is 2.31. The molecule has 2 aromatic rings. The molecule has 0 atom stereocenters. The second-order valence-corrected chi connectivity index (χ2v) is 5.05. The van der Waals surface area contributed by atoms with Crippen LogP contribution in [0.1, 0.15) is 33.3 Å². The number of anilines is 1. The van der Waals surface area contributed by atoms with E-state index in [0.29, 0.717) is 22.9 Å². The van der Waals surface area contributed by atoms with Gasteiger partial charge in [0.15, 0.2) is 0 Å². The van der Waals surface area contributed by atoms with Crippen LogP contribution in [0.3, 0.4) is 0 Å². The normalized spacial score (nSPS) is 10.4. The van der Waals surface area contributed by atoms with E-state index in [9.17, 15) is 9.59 Å². The molecule has 0 radical (unpaired) electrons. The molecule has 0 spiro atoms. The Morgan fingerprint density at radius 1 is 1.33 bits per heavy atom. The molecule has 21 heavy (non-hydrogen) atoms. The van der Waals surface area contributed by atoms with Gasteiger partial charge in [0.1, 0.15) is 5.69 Å². The Labute approximate surface area is 127 Å². The standard InChI is InChI=1S/C15H15ClN2O3/c1-3-18-8-11(16)7-13(18)14(19)17-12-6-10(15(20)21)5-4-9(12)2/h4-8H,3H2,1-2H3,(H,17,19)(H,20,21). The largest absolute Gasteiger partial charge is 0.478 e. The van der Waals surface area contributed by atoms with Crippen LogP contribution in [0.25, 0.3) is 0 Å². The second-order valence-electron chi connectivity index (χ2n) is 4.62.